The summed E-state index contributed by atoms with van der Waals surface area (Å²) in [5.74, 6) is 2.21. The highest BCUT2D eigenvalue weighted by Gasteiger charge is 2.28. The van der Waals surface area contributed by atoms with Gasteiger partial charge in [0, 0.05) is 31.7 Å². The molecule has 0 atom stereocenters. The molecule has 0 spiro atoms. The largest absolute Gasteiger partial charge is 0.494 e. The van der Waals surface area contributed by atoms with E-state index in [-0.39, 0.29) is 23.0 Å². The van der Waals surface area contributed by atoms with Crippen LogP contribution in [0.5, 0.6) is 5.75 Å². The average molecular weight is 480 g/mol. The van der Waals surface area contributed by atoms with Crippen LogP contribution in [-0.2, 0) is 21.0 Å². The predicted molar refractivity (Wildman–Crippen MR) is 122 cm³/mol. The number of piperidine rings is 1. The van der Waals surface area contributed by atoms with Crippen LogP contribution in [0.4, 0.5) is 4.79 Å². The third-order valence-corrected chi connectivity index (χ3v) is 6.62. The minimum absolute atomic E-state index is 0.117. The van der Waals surface area contributed by atoms with Crippen molar-refractivity contribution in [1.29, 1.82) is 0 Å². The molecule has 10 heteroatoms. The zero-order chi connectivity index (χ0) is 23.8. The van der Waals surface area contributed by atoms with Crippen LogP contribution >= 0.6 is 0 Å². The minimum Gasteiger partial charge on any atom is -0.494 e. The molecule has 1 aliphatic heterocycles. The van der Waals surface area contributed by atoms with E-state index in [1.54, 1.807) is 29.2 Å². The second kappa shape index (κ2) is 11.5. The molecule has 33 heavy (non-hydrogen) atoms. The van der Waals surface area contributed by atoms with E-state index in [1.165, 1.54) is 6.26 Å². The Labute approximate surface area is 195 Å². The molecule has 0 unspecified atom stereocenters. The first-order valence-corrected chi connectivity index (χ1v) is 13.3. The third kappa shape index (κ3) is 7.73. The molecule has 0 radical (unpaired) electrons. The van der Waals surface area contributed by atoms with Crippen LogP contribution < -0.4 is 4.74 Å². The van der Waals surface area contributed by atoms with Gasteiger partial charge in [0.05, 0.1) is 17.6 Å². The normalized spacial score (nSPS) is 15.1. The molecule has 9 nitrogen and oxygen atoms in total. The molecule has 3 rings (SSSR count). The van der Waals surface area contributed by atoms with Gasteiger partial charge >= 0.3 is 6.09 Å². The SMILES string of the molecule is CC(C)OC(=O)N1CCC(c2nc(CCCCCOc3ccc(S(C)(=O)=O)cc3)no2)CC1. The summed E-state index contributed by atoms with van der Waals surface area (Å²) in [5.41, 5.74) is 0. The van der Waals surface area contributed by atoms with Crippen molar-refractivity contribution >= 4 is 15.9 Å². The summed E-state index contributed by atoms with van der Waals surface area (Å²) >= 11 is 0. The zero-order valence-electron chi connectivity index (χ0n) is 19.5. The van der Waals surface area contributed by atoms with E-state index in [0.29, 0.717) is 37.2 Å². The molecule has 0 bridgehead atoms. The summed E-state index contributed by atoms with van der Waals surface area (Å²) in [7, 11) is -3.19. The Morgan fingerprint density at radius 1 is 1.15 bits per heavy atom. The van der Waals surface area contributed by atoms with Gasteiger partial charge in [0.1, 0.15) is 5.75 Å². The number of sulfone groups is 1. The zero-order valence-corrected chi connectivity index (χ0v) is 20.3. The highest BCUT2D eigenvalue weighted by Crippen LogP contribution is 2.27. The third-order valence-electron chi connectivity index (χ3n) is 5.49. The minimum atomic E-state index is -3.19. The Bertz CT molecular complexity index is 995. The van der Waals surface area contributed by atoms with E-state index in [0.717, 1.165) is 38.5 Å². The van der Waals surface area contributed by atoms with Crippen LogP contribution in [-0.4, -0.2) is 61.6 Å². The fraction of sp³-hybridized carbons (Fsp3) is 0.609. The van der Waals surface area contributed by atoms with Gasteiger partial charge in [-0.3, -0.25) is 0 Å². The Morgan fingerprint density at radius 2 is 1.85 bits per heavy atom. The Balaban J connectivity index is 1.32. The Morgan fingerprint density at radius 3 is 2.48 bits per heavy atom. The van der Waals surface area contributed by atoms with Crippen LogP contribution in [0.1, 0.15) is 63.6 Å². The second-order valence-corrected chi connectivity index (χ2v) is 10.7. The molecule has 1 amide bonds. The number of likely N-dealkylation sites (tertiary alicyclic amines) is 1. The van der Waals surface area contributed by atoms with Crippen molar-refractivity contribution in [3.8, 4) is 5.75 Å². The van der Waals surface area contributed by atoms with Gasteiger partial charge in [-0.2, -0.15) is 4.98 Å². The number of benzene rings is 1. The van der Waals surface area contributed by atoms with Gasteiger partial charge in [0.25, 0.3) is 0 Å². The smallest absolute Gasteiger partial charge is 0.410 e. The number of carbonyl (C=O) groups is 1. The first kappa shape index (κ1) is 25.0. The first-order valence-electron chi connectivity index (χ1n) is 11.4. The van der Waals surface area contributed by atoms with Crippen LogP contribution in [0.15, 0.2) is 33.7 Å². The number of ether oxygens (including phenoxy) is 2. The molecule has 1 fully saturated rings. The number of unbranched alkanes of at least 4 members (excludes halogenated alkanes) is 2. The van der Waals surface area contributed by atoms with Crippen molar-refractivity contribution in [2.75, 3.05) is 26.0 Å². The van der Waals surface area contributed by atoms with Crippen molar-refractivity contribution in [3.63, 3.8) is 0 Å². The maximum Gasteiger partial charge on any atom is 0.410 e. The van der Waals surface area contributed by atoms with Crippen LogP contribution in [0.25, 0.3) is 0 Å². The van der Waals surface area contributed by atoms with E-state index in [2.05, 4.69) is 10.1 Å². The first-order chi connectivity index (χ1) is 15.7. The van der Waals surface area contributed by atoms with Crippen LogP contribution in [0.3, 0.4) is 0 Å². The maximum atomic E-state index is 12.0. The lowest BCUT2D eigenvalue weighted by Crippen LogP contribution is -2.39. The van der Waals surface area contributed by atoms with Crippen molar-refractivity contribution in [1.82, 2.24) is 15.0 Å². The van der Waals surface area contributed by atoms with Gasteiger partial charge in [-0.05, 0) is 70.2 Å². The highest BCUT2D eigenvalue weighted by atomic mass is 32.2. The molecule has 1 aromatic heterocycles. The monoisotopic (exact) mass is 479 g/mol. The summed E-state index contributed by atoms with van der Waals surface area (Å²) in [4.78, 5) is 18.6. The fourth-order valence-electron chi connectivity index (χ4n) is 3.66. The van der Waals surface area contributed by atoms with Crippen LogP contribution in [0, 0.1) is 0 Å². The van der Waals surface area contributed by atoms with Gasteiger partial charge in [0.2, 0.25) is 5.89 Å². The molecule has 1 saturated heterocycles. The molecule has 1 aliphatic rings. The number of nitrogens with zero attached hydrogens (tertiary/aromatic N) is 3. The van der Waals surface area contributed by atoms with E-state index >= 15 is 0 Å². The maximum absolute atomic E-state index is 12.0. The number of aryl methyl sites for hydroxylation is 1. The summed E-state index contributed by atoms with van der Waals surface area (Å²) in [6.07, 6.45) is 5.89. The molecule has 182 valence electrons. The van der Waals surface area contributed by atoms with E-state index in [1.807, 2.05) is 13.8 Å². The van der Waals surface area contributed by atoms with Crippen molar-refractivity contribution in [3.05, 3.63) is 36.0 Å². The summed E-state index contributed by atoms with van der Waals surface area (Å²) in [6.45, 7) is 5.52. The Kier molecular flexibility index (Phi) is 8.71. The van der Waals surface area contributed by atoms with Gasteiger partial charge in [-0.1, -0.05) is 5.16 Å². The van der Waals surface area contributed by atoms with Crippen molar-refractivity contribution in [2.45, 2.75) is 69.3 Å². The second-order valence-electron chi connectivity index (χ2n) is 8.65. The van der Waals surface area contributed by atoms with Crippen molar-refractivity contribution in [2.24, 2.45) is 0 Å². The number of hydrogen-bond acceptors (Lipinski definition) is 8. The molecule has 0 aliphatic carbocycles. The van der Waals surface area contributed by atoms with Crippen molar-refractivity contribution < 1.29 is 27.2 Å². The summed E-state index contributed by atoms with van der Waals surface area (Å²) in [5, 5.41) is 4.11. The fourth-order valence-corrected chi connectivity index (χ4v) is 4.29. The van der Waals surface area contributed by atoms with Gasteiger partial charge in [-0.15, -0.1) is 0 Å². The predicted octanol–water partition coefficient (Wildman–Crippen LogP) is 3.99. The summed E-state index contributed by atoms with van der Waals surface area (Å²) in [6, 6.07) is 6.46. The highest BCUT2D eigenvalue weighted by molar-refractivity contribution is 7.90. The molecule has 0 saturated carbocycles. The molecular formula is C23H33N3O6S. The van der Waals surface area contributed by atoms with Gasteiger partial charge < -0.3 is 18.9 Å². The van der Waals surface area contributed by atoms with Crippen LogP contribution in [0.2, 0.25) is 0 Å². The quantitative estimate of drug-likeness (QED) is 0.470. The molecule has 0 N–H and O–H groups in total. The van der Waals surface area contributed by atoms with E-state index < -0.39 is 9.84 Å². The topological polar surface area (TPSA) is 112 Å². The average Bonchev–Trinajstić information content (AvgIpc) is 3.24. The van der Waals surface area contributed by atoms with E-state index in [9.17, 15) is 13.2 Å². The number of amides is 1. The molecule has 2 aromatic rings. The molecule has 1 aromatic carbocycles. The molecule has 2 heterocycles. The number of aromatic nitrogens is 2. The van der Waals surface area contributed by atoms with Gasteiger partial charge in [-0.25, -0.2) is 13.2 Å². The lowest BCUT2D eigenvalue weighted by atomic mass is 9.97. The van der Waals surface area contributed by atoms with Gasteiger partial charge in [0.15, 0.2) is 15.7 Å². The number of rotatable bonds is 10. The lowest BCUT2D eigenvalue weighted by Gasteiger charge is -2.30. The van der Waals surface area contributed by atoms with E-state index in [4.69, 9.17) is 14.0 Å². The summed E-state index contributed by atoms with van der Waals surface area (Å²) < 4.78 is 39.4. The Hall–Kier alpha value is -2.62. The number of hydrogen-bond donors (Lipinski definition) is 0. The number of carbonyl (C=O) groups excluding carboxylic acids is 1. The molecular weight excluding hydrogens is 446 g/mol. The lowest BCUT2D eigenvalue weighted by molar-refractivity contribution is 0.0677. The standard InChI is InChI=1S/C23H33N3O6S/c1-17(2)31-23(27)26-14-12-18(13-15-26)22-24-21(25-32-22)7-5-4-6-16-30-19-8-10-20(11-9-19)33(3,28)29/h8-11,17-18H,4-7,12-16H2,1-3H3.